The van der Waals surface area contributed by atoms with E-state index in [1.165, 1.54) is 77.1 Å². The van der Waals surface area contributed by atoms with Crippen LogP contribution in [0.15, 0.2) is 97.1 Å². The Labute approximate surface area is 339 Å². The van der Waals surface area contributed by atoms with E-state index in [1.807, 2.05) is 12.1 Å². The summed E-state index contributed by atoms with van der Waals surface area (Å²) in [5.74, 6) is -0.217. The van der Waals surface area contributed by atoms with E-state index in [0.717, 1.165) is 22.6 Å². The van der Waals surface area contributed by atoms with Crippen LogP contribution in [0.2, 0.25) is 0 Å². The molecule has 0 amide bonds. The summed E-state index contributed by atoms with van der Waals surface area (Å²) in [7, 11) is 0. The van der Waals surface area contributed by atoms with Gasteiger partial charge in [0, 0.05) is 44.5 Å². The highest BCUT2D eigenvalue weighted by Gasteiger charge is 2.42. The molecular formula is C53H56BFN2. The molecule has 1 N–H and O–H groups in total. The molecular weight excluding hydrogens is 694 g/mol. The van der Waals surface area contributed by atoms with Gasteiger partial charge in [-0.2, -0.15) is 0 Å². The molecule has 1 aromatic heterocycles. The van der Waals surface area contributed by atoms with Crippen molar-refractivity contribution < 1.29 is 4.39 Å². The van der Waals surface area contributed by atoms with Crippen LogP contribution in [0, 0.1) is 12.7 Å². The average Bonchev–Trinajstić information content (AvgIpc) is 3.45. The molecule has 288 valence electrons. The lowest BCUT2D eigenvalue weighted by Crippen LogP contribution is -2.59. The predicted octanol–water partition coefficient (Wildman–Crippen LogP) is 12.6. The summed E-state index contributed by atoms with van der Waals surface area (Å²) in [4.78, 5) is 0. The molecule has 2 aliphatic rings. The van der Waals surface area contributed by atoms with E-state index < -0.39 is 0 Å². The summed E-state index contributed by atoms with van der Waals surface area (Å²) in [5, 5.41) is 6.63. The van der Waals surface area contributed by atoms with Crippen molar-refractivity contribution in [3.05, 3.63) is 131 Å². The Bertz CT molecular complexity index is 2830. The summed E-state index contributed by atoms with van der Waals surface area (Å²) >= 11 is 0. The lowest BCUT2D eigenvalue weighted by molar-refractivity contribution is 0.589. The van der Waals surface area contributed by atoms with Gasteiger partial charge >= 0.3 is 0 Å². The SMILES string of the molecule is Cc1ccc(C(C)(C)C)cc1-c1cc(C(C)(C)C)cc2c1Nc1cc(-c3ccccc3F)cc3c1B2c1cc(C(C)(C)C)cc2c4cc(C(C)(C)C)ccc4n-3c12. The van der Waals surface area contributed by atoms with Crippen LogP contribution in [0.1, 0.15) is 111 Å². The van der Waals surface area contributed by atoms with Crippen LogP contribution >= 0.6 is 0 Å². The molecule has 9 rings (SSSR count). The Morgan fingerprint density at radius 1 is 0.544 bits per heavy atom. The van der Waals surface area contributed by atoms with Gasteiger partial charge in [0.2, 0.25) is 0 Å². The van der Waals surface area contributed by atoms with Crippen molar-refractivity contribution in [2.75, 3.05) is 5.32 Å². The van der Waals surface area contributed by atoms with Crippen molar-refractivity contribution in [2.45, 2.75) is 112 Å². The minimum atomic E-state index is -0.217. The first kappa shape index (κ1) is 37.5. The molecule has 0 fully saturated rings. The van der Waals surface area contributed by atoms with Crippen LogP contribution in [0.4, 0.5) is 15.8 Å². The van der Waals surface area contributed by atoms with Crippen LogP contribution in [0.5, 0.6) is 0 Å². The fraction of sp³-hybridized carbons (Fsp3) is 0.321. The number of rotatable bonds is 2. The first-order valence-corrected chi connectivity index (χ1v) is 20.7. The third-order valence-corrected chi connectivity index (χ3v) is 12.8. The van der Waals surface area contributed by atoms with Gasteiger partial charge in [0.15, 0.2) is 0 Å². The number of halogens is 1. The monoisotopic (exact) mass is 750 g/mol. The van der Waals surface area contributed by atoms with Crippen LogP contribution < -0.4 is 21.7 Å². The minimum absolute atomic E-state index is 0.00360. The van der Waals surface area contributed by atoms with Gasteiger partial charge in [-0.3, -0.25) is 0 Å². The summed E-state index contributed by atoms with van der Waals surface area (Å²) in [6.07, 6.45) is 0. The third kappa shape index (κ3) is 5.88. The van der Waals surface area contributed by atoms with Gasteiger partial charge < -0.3 is 9.88 Å². The van der Waals surface area contributed by atoms with Crippen molar-refractivity contribution in [2.24, 2.45) is 0 Å². The summed E-state index contributed by atoms with van der Waals surface area (Å²) in [6, 6.07) is 35.6. The van der Waals surface area contributed by atoms with Crippen molar-refractivity contribution in [3.63, 3.8) is 0 Å². The van der Waals surface area contributed by atoms with Gasteiger partial charge in [0.25, 0.3) is 6.71 Å². The van der Waals surface area contributed by atoms with Crippen molar-refractivity contribution >= 4 is 56.3 Å². The predicted molar refractivity (Wildman–Crippen MR) is 246 cm³/mol. The highest BCUT2D eigenvalue weighted by molar-refractivity contribution is 7.00. The first-order valence-electron chi connectivity index (χ1n) is 20.7. The van der Waals surface area contributed by atoms with E-state index in [0.29, 0.717) is 5.56 Å². The molecule has 7 aromatic rings. The topological polar surface area (TPSA) is 17.0 Å². The molecule has 0 atom stereocenters. The van der Waals surface area contributed by atoms with Crippen LogP contribution in [-0.4, -0.2) is 11.3 Å². The molecule has 0 unspecified atom stereocenters. The van der Waals surface area contributed by atoms with Gasteiger partial charge in [-0.15, -0.1) is 0 Å². The maximum absolute atomic E-state index is 15.8. The first-order chi connectivity index (χ1) is 26.6. The average molecular weight is 751 g/mol. The quantitative estimate of drug-likeness (QED) is 0.174. The second-order valence-corrected chi connectivity index (χ2v) is 21.0. The Hall–Kier alpha value is -5.09. The van der Waals surface area contributed by atoms with Gasteiger partial charge in [0.1, 0.15) is 5.82 Å². The van der Waals surface area contributed by atoms with E-state index in [9.17, 15) is 0 Å². The number of nitrogens with zero attached hydrogens (tertiary/aromatic N) is 1. The standard InChI is InChI=1S/C53H56BFN2/c1-30-18-19-32(50(2,3)4)24-37(30)39-26-34(52(8,9)10)28-41-48(39)56-44-22-31(36-16-14-15-17-43(36)55)23-46-47(44)54(41)42-29-35(53(11,12)13)27-40-38-25-33(51(5,6)7)20-21-45(38)57(46)49(40)42/h14-29,56H,1-13H3. The molecule has 0 radical (unpaired) electrons. The Balaban J connectivity index is 1.47. The zero-order chi connectivity index (χ0) is 40.7. The summed E-state index contributed by atoms with van der Waals surface area (Å²) in [5.41, 5.74) is 19.9. The van der Waals surface area contributed by atoms with E-state index in [-0.39, 0.29) is 34.2 Å². The number of aryl methyl sites for hydroxylation is 1. The van der Waals surface area contributed by atoms with Crippen LogP contribution in [-0.2, 0) is 21.7 Å². The Morgan fingerprint density at radius 2 is 1.12 bits per heavy atom. The van der Waals surface area contributed by atoms with Crippen LogP contribution in [0.3, 0.4) is 0 Å². The second kappa shape index (κ2) is 12.2. The second-order valence-electron chi connectivity index (χ2n) is 21.0. The normalized spacial score (nSPS) is 13.9. The Morgan fingerprint density at radius 3 is 1.79 bits per heavy atom. The van der Waals surface area contributed by atoms with Crippen molar-refractivity contribution in [3.8, 4) is 27.9 Å². The smallest absolute Gasteiger partial charge is 0.252 e. The lowest BCUT2D eigenvalue weighted by atomic mass is 9.33. The molecule has 4 heteroatoms. The lowest BCUT2D eigenvalue weighted by Gasteiger charge is -2.37. The van der Waals surface area contributed by atoms with Crippen LogP contribution in [0.25, 0.3) is 49.7 Å². The fourth-order valence-electron chi connectivity index (χ4n) is 9.30. The largest absolute Gasteiger partial charge is 0.356 e. The molecule has 57 heavy (non-hydrogen) atoms. The molecule has 0 bridgehead atoms. The van der Waals surface area contributed by atoms with Gasteiger partial charge in [-0.1, -0.05) is 138 Å². The van der Waals surface area contributed by atoms with Gasteiger partial charge in [0.05, 0.1) is 5.52 Å². The van der Waals surface area contributed by atoms with Gasteiger partial charge in [-0.05, 0) is 126 Å². The number of anilines is 2. The van der Waals surface area contributed by atoms with Crippen molar-refractivity contribution in [1.29, 1.82) is 0 Å². The van der Waals surface area contributed by atoms with E-state index in [1.54, 1.807) is 12.1 Å². The molecule has 0 saturated heterocycles. The maximum atomic E-state index is 15.8. The fourth-order valence-corrected chi connectivity index (χ4v) is 9.30. The van der Waals surface area contributed by atoms with E-state index in [4.69, 9.17) is 0 Å². The number of benzene rings is 6. The number of hydrogen-bond donors (Lipinski definition) is 1. The zero-order valence-corrected chi connectivity index (χ0v) is 36.1. The number of hydrogen-bond acceptors (Lipinski definition) is 1. The number of fused-ring (bicyclic) bond motifs is 7. The summed E-state index contributed by atoms with van der Waals surface area (Å²) in [6.45, 7) is 30.0. The molecule has 2 aliphatic heterocycles. The molecule has 0 saturated carbocycles. The third-order valence-electron chi connectivity index (χ3n) is 12.8. The highest BCUT2D eigenvalue weighted by atomic mass is 19.1. The van der Waals surface area contributed by atoms with E-state index in [2.05, 4.69) is 173 Å². The number of aromatic nitrogens is 1. The highest BCUT2D eigenvalue weighted by Crippen LogP contribution is 2.44. The van der Waals surface area contributed by atoms with E-state index >= 15 is 4.39 Å². The molecule has 2 nitrogen and oxygen atoms in total. The summed E-state index contributed by atoms with van der Waals surface area (Å²) < 4.78 is 18.3. The minimum Gasteiger partial charge on any atom is -0.356 e. The number of nitrogens with one attached hydrogen (secondary N) is 1. The molecule has 6 aromatic carbocycles. The van der Waals surface area contributed by atoms with Gasteiger partial charge in [-0.25, -0.2) is 4.39 Å². The Kier molecular flexibility index (Phi) is 8.03. The molecule has 0 spiro atoms. The zero-order valence-electron chi connectivity index (χ0n) is 36.1. The maximum Gasteiger partial charge on any atom is 0.252 e. The van der Waals surface area contributed by atoms with Crippen molar-refractivity contribution in [1.82, 2.24) is 4.57 Å². The molecule has 0 aliphatic carbocycles. The molecule has 3 heterocycles.